The van der Waals surface area contributed by atoms with E-state index < -0.39 is 5.91 Å². The molecular weight excluding hydrogens is 336 g/mol. The first-order valence-corrected chi connectivity index (χ1v) is 8.21. The van der Waals surface area contributed by atoms with Crippen molar-refractivity contribution in [2.24, 2.45) is 13.0 Å². The molecule has 2 rings (SSSR count). The lowest BCUT2D eigenvalue weighted by molar-refractivity contribution is 0.0940. The number of nitrogens with one attached hydrogen (secondary N) is 2. The Hall–Kier alpha value is -3.03. The van der Waals surface area contributed by atoms with Gasteiger partial charge in [0.25, 0.3) is 11.8 Å². The summed E-state index contributed by atoms with van der Waals surface area (Å²) in [6.45, 7) is 4.53. The number of carbonyl (C=O) groups excluding carboxylic acids is 2. The van der Waals surface area contributed by atoms with Crippen molar-refractivity contribution < 1.29 is 19.1 Å². The number of aryl methyl sites for hydroxylation is 1. The first-order chi connectivity index (χ1) is 12.4. The van der Waals surface area contributed by atoms with Crippen LogP contribution in [0.15, 0.2) is 24.4 Å². The number of amides is 2. The molecule has 2 aromatic rings. The van der Waals surface area contributed by atoms with Crippen molar-refractivity contribution in [3.8, 4) is 11.5 Å². The molecule has 26 heavy (non-hydrogen) atoms. The molecule has 0 fully saturated rings. The molecule has 8 heteroatoms. The third kappa shape index (κ3) is 4.14. The zero-order valence-electron chi connectivity index (χ0n) is 15.6. The maximum Gasteiger partial charge on any atom is 0.271 e. The number of hydrogen-bond acceptors (Lipinski definition) is 5. The summed E-state index contributed by atoms with van der Waals surface area (Å²) < 4.78 is 11.9. The Balaban J connectivity index is 2.30. The fraction of sp³-hybridized carbons (Fsp3) is 0.389. The summed E-state index contributed by atoms with van der Waals surface area (Å²) in [6, 6.07) is 5.05. The SMILES string of the molecule is COc1cccc(OC)c1C(=O)Nc1cnn(C)c1C(=O)NCC(C)C. The number of nitrogens with zero attached hydrogens (tertiary/aromatic N) is 2. The fourth-order valence-electron chi connectivity index (χ4n) is 2.44. The maximum absolute atomic E-state index is 12.8. The number of ether oxygens (including phenoxy) is 2. The molecule has 0 unspecified atom stereocenters. The Morgan fingerprint density at radius 3 is 2.31 bits per heavy atom. The highest BCUT2D eigenvalue weighted by Crippen LogP contribution is 2.29. The fourth-order valence-corrected chi connectivity index (χ4v) is 2.44. The number of carbonyl (C=O) groups is 2. The lowest BCUT2D eigenvalue weighted by Gasteiger charge is -2.13. The summed E-state index contributed by atoms with van der Waals surface area (Å²) in [5, 5.41) is 9.62. The normalized spacial score (nSPS) is 10.5. The van der Waals surface area contributed by atoms with Gasteiger partial charge in [0.05, 0.1) is 26.1 Å². The van der Waals surface area contributed by atoms with Crippen molar-refractivity contribution in [2.75, 3.05) is 26.1 Å². The maximum atomic E-state index is 12.8. The number of methoxy groups -OCH3 is 2. The van der Waals surface area contributed by atoms with Crippen LogP contribution < -0.4 is 20.1 Å². The topological polar surface area (TPSA) is 94.5 Å². The monoisotopic (exact) mass is 360 g/mol. The lowest BCUT2D eigenvalue weighted by Crippen LogP contribution is -2.30. The minimum absolute atomic E-state index is 0.245. The molecule has 0 bridgehead atoms. The third-order valence-corrected chi connectivity index (χ3v) is 3.73. The Bertz CT molecular complexity index is 776. The van der Waals surface area contributed by atoms with E-state index in [1.54, 1.807) is 25.2 Å². The van der Waals surface area contributed by atoms with Crippen LogP contribution in [0, 0.1) is 5.92 Å². The largest absolute Gasteiger partial charge is 0.496 e. The van der Waals surface area contributed by atoms with E-state index in [9.17, 15) is 9.59 Å². The number of benzene rings is 1. The predicted octanol–water partition coefficient (Wildman–Crippen LogP) is 2.08. The second kappa shape index (κ2) is 8.37. The van der Waals surface area contributed by atoms with Gasteiger partial charge in [-0.3, -0.25) is 14.3 Å². The Kier molecular flexibility index (Phi) is 6.21. The van der Waals surface area contributed by atoms with Crippen LogP contribution in [0.4, 0.5) is 5.69 Å². The summed E-state index contributed by atoms with van der Waals surface area (Å²) >= 11 is 0. The molecule has 1 aromatic heterocycles. The molecule has 1 heterocycles. The van der Waals surface area contributed by atoms with Crippen LogP contribution in [0.3, 0.4) is 0 Å². The van der Waals surface area contributed by atoms with Gasteiger partial charge in [0, 0.05) is 13.6 Å². The Morgan fingerprint density at radius 2 is 1.77 bits per heavy atom. The molecule has 0 saturated carbocycles. The van der Waals surface area contributed by atoms with Gasteiger partial charge in [0.1, 0.15) is 22.8 Å². The Morgan fingerprint density at radius 1 is 1.15 bits per heavy atom. The van der Waals surface area contributed by atoms with Crippen LogP contribution >= 0.6 is 0 Å². The van der Waals surface area contributed by atoms with E-state index in [2.05, 4.69) is 15.7 Å². The summed E-state index contributed by atoms with van der Waals surface area (Å²) in [6.07, 6.45) is 1.43. The molecule has 0 aliphatic heterocycles. The molecule has 0 atom stereocenters. The van der Waals surface area contributed by atoms with Crippen molar-refractivity contribution in [1.82, 2.24) is 15.1 Å². The first kappa shape index (κ1) is 19.3. The van der Waals surface area contributed by atoms with E-state index >= 15 is 0 Å². The molecule has 1 aromatic carbocycles. The zero-order valence-corrected chi connectivity index (χ0v) is 15.6. The van der Waals surface area contributed by atoms with E-state index in [4.69, 9.17) is 9.47 Å². The van der Waals surface area contributed by atoms with Gasteiger partial charge in [-0.15, -0.1) is 0 Å². The van der Waals surface area contributed by atoms with E-state index in [1.807, 2.05) is 13.8 Å². The van der Waals surface area contributed by atoms with Crippen LogP contribution in [0.5, 0.6) is 11.5 Å². The van der Waals surface area contributed by atoms with Crippen molar-refractivity contribution in [1.29, 1.82) is 0 Å². The molecule has 2 amide bonds. The number of aromatic nitrogens is 2. The van der Waals surface area contributed by atoms with Crippen LogP contribution in [0.1, 0.15) is 34.7 Å². The molecular formula is C18H24N4O4. The minimum Gasteiger partial charge on any atom is -0.496 e. The average Bonchev–Trinajstić information content (AvgIpc) is 2.98. The van der Waals surface area contributed by atoms with E-state index in [-0.39, 0.29) is 17.2 Å². The van der Waals surface area contributed by atoms with Gasteiger partial charge in [-0.05, 0) is 18.1 Å². The number of hydrogen-bond donors (Lipinski definition) is 2. The second-order valence-electron chi connectivity index (χ2n) is 6.13. The summed E-state index contributed by atoms with van der Waals surface area (Å²) in [5.41, 5.74) is 0.828. The van der Waals surface area contributed by atoms with Crippen molar-refractivity contribution in [3.05, 3.63) is 35.7 Å². The van der Waals surface area contributed by atoms with Crippen LogP contribution in [-0.2, 0) is 7.05 Å². The van der Waals surface area contributed by atoms with Gasteiger partial charge in [0.15, 0.2) is 0 Å². The van der Waals surface area contributed by atoms with Gasteiger partial charge < -0.3 is 20.1 Å². The smallest absolute Gasteiger partial charge is 0.271 e. The van der Waals surface area contributed by atoms with Crippen LogP contribution in [0.2, 0.25) is 0 Å². The number of anilines is 1. The molecule has 8 nitrogen and oxygen atoms in total. The minimum atomic E-state index is -0.454. The van der Waals surface area contributed by atoms with Gasteiger partial charge in [-0.25, -0.2) is 0 Å². The van der Waals surface area contributed by atoms with Gasteiger partial charge in [0.2, 0.25) is 0 Å². The molecule has 140 valence electrons. The summed E-state index contributed by atoms with van der Waals surface area (Å²) in [4.78, 5) is 25.2. The van der Waals surface area contributed by atoms with Gasteiger partial charge >= 0.3 is 0 Å². The van der Waals surface area contributed by atoms with Gasteiger partial charge in [-0.2, -0.15) is 5.10 Å². The standard InChI is InChI=1S/C18H24N4O4/c1-11(2)9-19-18(24)16-12(10-20-22(16)3)21-17(23)15-13(25-4)7-6-8-14(15)26-5/h6-8,10-11H,9H2,1-5H3,(H,19,24)(H,21,23). The van der Waals surface area contributed by atoms with E-state index in [0.29, 0.717) is 29.6 Å². The zero-order chi connectivity index (χ0) is 19.3. The lowest BCUT2D eigenvalue weighted by atomic mass is 10.1. The molecule has 0 aliphatic carbocycles. The number of rotatable bonds is 7. The van der Waals surface area contributed by atoms with Gasteiger partial charge in [-0.1, -0.05) is 19.9 Å². The van der Waals surface area contributed by atoms with Crippen molar-refractivity contribution >= 4 is 17.5 Å². The quantitative estimate of drug-likeness (QED) is 0.788. The second-order valence-corrected chi connectivity index (χ2v) is 6.13. The molecule has 0 aliphatic rings. The van der Waals surface area contributed by atoms with Crippen molar-refractivity contribution in [3.63, 3.8) is 0 Å². The summed E-state index contributed by atoms with van der Waals surface area (Å²) in [5.74, 6) is 0.294. The third-order valence-electron chi connectivity index (χ3n) is 3.73. The van der Waals surface area contributed by atoms with Crippen molar-refractivity contribution in [2.45, 2.75) is 13.8 Å². The molecule has 2 N–H and O–H groups in total. The van der Waals surface area contributed by atoms with Crippen LogP contribution in [0.25, 0.3) is 0 Å². The molecule has 0 radical (unpaired) electrons. The highest BCUT2D eigenvalue weighted by Gasteiger charge is 2.23. The first-order valence-electron chi connectivity index (χ1n) is 8.21. The average molecular weight is 360 g/mol. The van der Waals surface area contributed by atoms with Crippen LogP contribution in [-0.4, -0.2) is 42.4 Å². The predicted molar refractivity (Wildman–Crippen MR) is 97.9 cm³/mol. The highest BCUT2D eigenvalue weighted by atomic mass is 16.5. The molecule has 0 saturated heterocycles. The Labute approximate surface area is 152 Å². The summed E-state index contributed by atoms with van der Waals surface area (Å²) in [7, 11) is 4.59. The van der Waals surface area contributed by atoms with E-state index in [0.717, 1.165) is 0 Å². The van der Waals surface area contributed by atoms with E-state index in [1.165, 1.54) is 25.1 Å². The molecule has 0 spiro atoms. The highest BCUT2D eigenvalue weighted by molar-refractivity contribution is 6.11.